The van der Waals surface area contributed by atoms with Gasteiger partial charge in [0.05, 0.1) is 11.7 Å². The highest BCUT2D eigenvalue weighted by atomic mass is 16.3. The molecule has 13 heavy (non-hydrogen) atoms. The lowest BCUT2D eigenvalue weighted by molar-refractivity contribution is 0.301. The molecule has 65 valence electrons. The van der Waals surface area contributed by atoms with Crippen LogP contribution in [0.2, 0.25) is 0 Å². The van der Waals surface area contributed by atoms with E-state index in [9.17, 15) is 5.11 Å². The van der Waals surface area contributed by atoms with Crippen molar-refractivity contribution >= 4 is 11.0 Å². The second kappa shape index (κ2) is 2.22. The van der Waals surface area contributed by atoms with Gasteiger partial charge in [-0.2, -0.15) is 4.98 Å². The molecular formula is C9H8N3O. The van der Waals surface area contributed by atoms with E-state index >= 15 is 0 Å². The molecule has 0 bridgehead atoms. The molecule has 1 radical (unpaired) electrons. The molecule has 4 heteroatoms. The van der Waals surface area contributed by atoms with E-state index in [1.807, 2.05) is 6.07 Å². The summed E-state index contributed by atoms with van der Waals surface area (Å²) in [7, 11) is 0. The molecule has 3 rings (SSSR count). The van der Waals surface area contributed by atoms with Crippen LogP contribution in [0.25, 0.3) is 11.0 Å². The Balaban J connectivity index is 2.35. The van der Waals surface area contributed by atoms with Gasteiger partial charge in [0.25, 0.3) is 0 Å². The number of aromatic nitrogens is 3. The number of hydrogen-bond donors (Lipinski definition) is 0. The van der Waals surface area contributed by atoms with Gasteiger partial charge in [-0.1, -0.05) is 0 Å². The average molecular weight is 174 g/mol. The van der Waals surface area contributed by atoms with Crippen molar-refractivity contribution in [3.63, 3.8) is 0 Å². The first-order valence-electron chi connectivity index (χ1n) is 4.35. The lowest BCUT2D eigenvalue weighted by atomic mass is 10.4. The normalized spacial score (nSPS) is 16.6. The minimum Gasteiger partial charge on any atom is -0.287 e. The van der Waals surface area contributed by atoms with Crippen molar-refractivity contribution in [2.75, 3.05) is 0 Å². The smallest absolute Gasteiger partial charge is 0.287 e. The lowest BCUT2D eigenvalue weighted by Crippen LogP contribution is -1.91. The Bertz CT molecular complexity index is 459. The van der Waals surface area contributed by atoms with Crippen LogP contribution in [0, 0.1) is 0 Å². The number of nitrogens with zero attached hydrogens (tertiary/aromatic N) is 3. The van der Waals surface area contributed by atoms with Crippen LogP contribution in [0.1, 0.15) is 18.9 Å². The van der Waals surface area contributed by atoms with Crippen molar-refractivity contribution < 1.29 is 5.11 Å². The highest BCUT2D eigenvalue weighted by molar-refractivity contribution is 5.75. The lowest BCUT2D eigenvalue weighted by Gasteiger charge is -1.98. The predicted molar refractivity (Wildman–Crippen MR) is 45.9 cm³/mol. The summed E-state index contributed by atoms with van der Waals surface area (Å²) in [5, 5.41) is 11.4. The molecule has 1 aliphatic carbocycles. The number of rotatable bonds is 1. The zero-order valence-electron chi connectivity index (χ0n) is 6.97. The minimum absolute atomic E-state index is 0.134. The van der Waals surface area contributed by atoms with E-state index < -0.39 is 0 Å². The molecule has 0 atom stereocenters. The SMILES string of the molecule is [O]c1nc2cnccc2n1C1CC1. The molecule has 0 aromatic carbocycles. The summed E-state index contributed by atoms with van der Waals surface area (Å²) in [4.78, 5) is 7.85. The summed E-state index contributed by atoms with van der Waals surface area (Å²) < 4.78 is 1.77. The van der Waals surface area contributed by atoms with Crippen LogP contribution >= 0.6 is 0 Å². The van der Waals surface area contributed by atoms with Crippen LogP contribution in [0.15, 0.2) is 18.5 Å². The molecule has 1 saturated carbocycles. The summed E-state index contributed by atoms with van der Waals surface area (Å²) >= 11 is 0. The first-order chi connectivity index (χ1) is 6.36. The zero-order valence-corrected chi connectivity index (χ0v) is 6.97. The average Bonchev–Trinajstić information content (AvgIpc) is 2.88. The van der Waals surface area contributed by atoms with E-state index in [1.165, 1.54) is 0 Å². The van der Waals surface area contributed by atoms with Gasteiger partial charge in [-0.25, -0.2) is 5.11 Å². The van der Waals surface area contributed by atoms with Gasteiger partial charge < -0.3 is 0 Å². The fourth-order valence-corrected chi connectivity index (χ4v) is 1.61. The third-order valence-electron chi connectivity index (χ3n) is 2.37. The monoisotopic (exact) mass is 174 g/mol. The Morgan fingerprint density at radius 2 is 2.31 bits per heavy atom. The number of imidazole rings is 1. The van der Waals surface area contributed by atoms with E-state index in [0.29, 0.717) is 11.6 Å². The fourth-order valence-electron chi connectivity index (χ4n) is 1.61. The summed E-state index contributed by atoms with van der Waals surface area (Å²) in [6, 6.07) is 2.10. The minimum atomic E-state index is -0.134. The largest absolute Gasteiger partial charge is 0.349 e. The highest BCUT2D eigenvalue weighted by Crippen LogP contribution is 2.40. The van der Waals surface area contributed by atoms with Crippen LogP contribution < -0.4 is 0 Å². The van der Waals surface area contributed by atoms with E-state index in [0.717, 1.165) is 18.4 Å². The first kappa shape index (κ1) is 6.88. The summed E-state index contributed by atoms with van der Waals surface area (Å²) in [5.41, 5.74) is 1.63. The van der Waals surface area contributed by atoms with Gasteiger partial charge in [0.1, 0.15) is 5.52 Å². The second-order valence-corrected chi connectivity index (χ2v) is 3.36. The van der Waals surface area contributed by atoms with Crippen molar-refractivity contribution in [1.29, 1.82) is 0 Å². The molecular weight excluding hydrogens is 166 g/mol. The van der Waals surface area contributed by atoms with Crippen molar-refractivity contribution in [2.24, 2.45) is 0 Å². The van der Waals surface area contributed by atoms with Crippen LogP contribution in [0.5, 0.6) is 6.01 Å². The third kappa shape index (κ3) is 0.915. The Morgan fingerprint density at radius 3 is 3.08 bits per heavy atom. The molecule has 0 N–H and O–H groups in total. The molecule has 2 heterocycles. The van der Waals surface area contributed by atoms with Crippen LogP contribution in [0.3, 0.4) is 0 Å². The van der Waals surface area contributed by atoms with Gasteiger partial charge >= 0.3 is 6.01 Å². The summed E-state index contributed by atoms with van der Waals surface area (Å²) in [6.07, 6.45) is 5.53. The van der Waals surface area contributed by atoms with Gasteiger partial charge in [-0.3, -0.25) is 9.55 Å². The molecule has 4 nitrogen and oxygen atoms in total. The first-order valence-corrected chi connectivity index (χ1v) is 4.35. The number of hydrogen-bond acceptors (Lipinski definition) is 2. The summed E-state index contributed by atoms with van der Waals surface area (Å²) in [6.45, 7) is 0. The topological polar surface area (TPSA) is 50.6 Å². The van der Waals surface area contributed by atoms with Gasteiger partial charge in [-0.15, -0.1) is 0 Å². The van der Waals surface area contributed by atoms with Gasteiger partial charge in [0.2, 0.25) is 0 Å². The number of pyridine rings is 1. The van der Waals surface area contributed by atoms with Crippen molar-refractivity contribution in [2.45, 2.75) is 18.9 Å². The predicted octanol–water partition coefficient (Wildman–Crippen LogP) is 1.91. The molecule has 1 fully saturated rings. The Labute approximate surface area is 74.9 Å². The molecule has 0 aliphatic heterocycles. The maximum Gasteiger partial charge on any atom is 0.349 e. The van der Waals surface area contributed by atoms with Gasteiger partial charge in [0.15, 0.2) is 0 Å². The van der Waals surface area contributed by atoms with E-state index in [2.05, 4.69) is 9.97 Å². The number of fused-ring (bicyclic) bond motifs is 1. The molecule has 0 unspecified atom stereocenters. The molecule has 0 saturated heterocycles. The molecule has 0 amide bonds. The van der Waals surface area contributed by atoms with Crippen LogP contribution in [-0.2, 0) is 5.11 Å². The maximum absolute atomic E-state index is 11.4. The Morgan fingerprint density at radius 1 is 1.46 bits per heavy atom. The second-order valence-electron chi connectivity index (χ2n) is 3.36. The standard InChI is InChI=1S/C9H8N3O/c13-9-11-7-5-10-4-3-8(7)12(9)6-1-2-6/h3-6H,1-2H2. The molecule has 0 spiro atoms. The van der Waals surface area contributed by atoms with E-state index in [-0.39, 0.29) is 6.01 Å². The molecule has 2 aromatic rings. The highest BCUT2D eigenvalue weighted by Gasteiger charge is 2.28. The van der Waals surface area contributed by atoms with E-state index in [4.69, 9.17) is 0 Å². The van der Waals surface area contributed by atoms with Crippen LogP contribution in [-0.4, -0.2) is 14.5 Å². The fraction of sp³-hybridized carbons (Fsp3) is 0.333. The molecule has 2 aromatic heterocycles. The van der Waals surface area contributed by atoms with Crippen molar-refractivity contribution in [3.8, 4) is 6.01 Å². The van der Waals surface area contributed by atoms with Gasteiger partial charge in [-0.05, 0) is 18.9 Å². The van der Waals surface area contributed by atoms with Crippen molar-refractivity contribution in [1.82, 2.24) is 14.5 Å². The molecule has 1 aliphatic rings. The van der Waals surface area contributed by atoms with Gasteiger partial charge in [0, 0.05) is 12.2 Å². The Kier molecular flexibility index (Phi) is 1.17. The Hall–Kier alpha value is -1.58. The van der Waals surface area contributed by atoms with E-state index in [1.54, 1.807) is 17.0 Å². The van der Waals surface area contributed by atoms with Crippen molar-refractivity contribution in [3.05, 3.63) is 18.5 Å². The summed E-state index contributed by atoms with van der Waals surface area (Å²) in [5.74, 6) is 0. The van der Waals surface area contributed by atoms with Crippen LogP contribution in [0.4, 0.5) is 0 Å². The quantitative estimate of drug-likeness (QED) is 0.663. The third-order valence-corrected chi connectivity index (χ3v) is 2.37. The zero-order chi connectivity index (χ0) is 8.84. The maximum atomic E-state index is 11.4.